The van der Waals surface area contributed by atoms with Crippen LogP contribution in [0.3, 0.4) is 0 Å². The standard InChI is InChI=1S/C20H17ClN6O3S2/c1-27(18(29)16-13-4-2-3-5-14(13)17(28)26-25-16)9-11-10-31-20(23-11)24-19(30)22-8-12-6-7-15(21)32-12/h2-7,10H,8-9H2,1H3,(H,26,28)(H2,22,23,24,30). The predicted molar refractivity (Wildman–Crippen MR) is 125 cm³/mol. The Hall–Kier alpha value is -3.28. The first kappa shape index (κ1) is 21.9. The molecule has 0 aliphatic rings. The van der Waals surface area contributed by atoms with Crippen molar-refractivity contribution in [1.82, 2.24) is 25.4 Å². The van der Waals surface area contributed by atoms with Gasteiger partial charge in [-0.2, -0.15) is 5.10 Å². The smallest absolute Gasteiger partial charge is 0.321 e. The van der Waals surface area contributed by atoms with Crippen LogP contribution in [0.4, 0.5) is 9.93 Å². The van der Waals surface area contributed by atoms with E-state index >= 15 is 0 Å². The van der Waals surface area contributed by atoms with Gasteiger partial charge in [-0.1, -0.05) is 29.8 Å². The first-order valence-electron chi connectivity index (χ1n) is 9.37. The highest BCUT2D eigenvalue weighted by Gasteiger charge is 2.19. The molecule has 0 aliphatic heterocycles. The van der Waals surface area contributed by atoms with Crippen molar-refractivity contribution < 1.29 is 9.59 Å². The zero-order valence-corrected chi connectivity index (χ0v) is 19.1. The molecular weight excluding hydrogens is 472 g/mol. The number of halogens is 1. The normalized spacial score (nSPS) is 10.8. The van der Waals surface area contributed by atoms with Crippen molar-refractivity contribution in [2.45, 2.75) is 13.1 Å². The lowest BCUT2D eigenvalue weighted by atomic mass is 10.1. The number of nitrogens with zero attached hydrogens (tertiary/aromatic N) is 3. The van der Waals surface area contributed by atoms with E-state index in [-0.39, 0.29) is 29.7 Å². The van der Waals surface area contributed by atoms with E-state index in [1.165, 1.54) is 27.6 Å². The first-order chi connectivity index (χ1) is 15.4. The van der Waals surface area contributed by atoms with Gasteiger partial charge in [0.25, 0.3) is 11.5 Å². The zero-order valence-electron chi connectivity index (χ0n) is 16.7. The fourth-order valence-corrected chi connectivity index (χ4v) is 4.69. The Morgan fingerprint density at radius 3 is 2.72 bits per heavy atom. The number of carbonyl (C=O) groups is 2. The quantitative estimate of drug-likeness (QED) is 0.382. The molecule has 1 aromatic carbocycles. The third-order valence-corrected chi connectivity index (χ3v) is 6.51. The van der Waals surface area contributed by atoms with Gasteiger partial charge in [0.2, 0.25) is 0 Å². The van der Waals surface area contributed by atoms with E-state index in [2.05, 4.69) is 25.8 Å². The summed E-state index contributed by atoms with van der Waals surface area (Å²) in [5.41, 5.74) is 0.416. The topological polar surface area (TPSA) is 120 Å². The Morgan fingerprint density at radius 1 is 1.19 bits per heavy atom. The Balaban J connectivity index is 1.38. The lowest BCUT2D eigenvalue weighted by Gasteiger charge is -2.16. The number of hydrogen-bond donors (Lipinski definition) is 3. The van der Waals surface area contributed by atoms with Crippen molar-refractivity contribution >= 4 is 62.1 Å². The number of fused-ring (bicyclic) bond motifs is 1. The van der Waals surface area contributed by atoms with Gasteiger partial charge >= 0.3 is 6.03 Å². The van der Waals surface area contributed by atoms with Gasteiger partial charge in [-0.05, 0) is 18.2 Å². The summed E-state index contributed by atoms with van der Waals surface area (Å²) >= 11 is 8.53. The maximum absolute atomic E-state index is 12.9. The van der Waals surface area contributed by atoms with Gasteiger partial charge in [0.15, 0.2) is 10.8 Å². The molecule has 0 saturated carbocycles. The van der Waals surface area contributed by atoms with Crippen molar-refractivity contribution in [2.75, 3.05) is 12.4 Å². The largest absolute Gasteiger partial charge is 0.334 e. The molecule has 32 heavy (non-hydrogen) atoms. The average molecular weight is 489 g/mol. The number of aromatic nitrogens is 3. The minimum Gasteiger partial charge on any atom is -0.334 e. The maximum atomic E-state index is 12.9. The SMILES string of the molecule is CN(Cc1csc(NC(=O)NCc2ccc(Cl)s2)n1)C(=O)c1n[nH]c(=O)c2ccccc12. The lowest BCUT2D eigenvalue weighted by Crippen LogP contribution is -2.29. The Kier molecular flexibility index (Phi) is 6.49. The molecule has 0 saturated heterocycles. The van der Waals surface area contributed by atoms with E-state index < -0.39 is 0 Å². The number of urea groups is 1. The van der Waals surface area contributed by atoms with Crippen molar-refractivity contribution in [3.63, 3.8) is 0 Å². The third kappa shape index (κ3) is 4.96. The average Bonchev–Trinajstić information content (AvgIpc) is 3.40. The number of anilines is 1. The van der Waals surface area contributed by atoms with Crippen LogP contribution < -0.4 is 16.2 Å². The van der Waals surface area contributed by atoms with Gasteiger partial charge in [-0.15, -0.1) is 22.7 Å². The van der Waals surface area contributed by atoms with Crippen LogP contribution in [0.15, 0.2) is 46.6 Å². The monoisotopic (exact) mass is 488 g/mol. The highest BCUT2D eigenvalue weighted by atomic mass is 35.5. The van der Waals surface area contributed by atoms with Crippen LogP contribution in [0.2, 0.25) is 4.34 Å². The minimum atomic E-state index is -0.385. The molecule has 3 aromatic heterocycles. The Labute approximate surface area is 195 Å². The van der Waals surface area contributed by atoms with E-state index in [0.29, 0.717) is 32.5 Å². The van der Waals surface area contributed by atoms with E-state index in [1.807, 2.05) is 6.07 Å². The van der Waals surface area contributed by atoms with Crippen molar-refractivity contribution in [3.05, 3.63) is 72.7 Å². The molecule has 0 fully saturated rings. The van der Waals surface area contributed by atoms with E-state index in [9.17, 15) is 14.4 Å². The van der Waals surface area contributed by atoms with Crippen molar-refractivity contribution in [1.29, 1.82) is 0 Å². The maximum Gasteiger partial charge on any atom is 0.321 e. The second-order valence-electron chi connectivity index (χ2n) is 6.77. The summed E-state index contributed by atoms with van der Waals surface area (Å²) < 4.78 is 0.662. The molecule has 3 heterocycles. The van der Waals surface area contributed by atoms with Crippen LogP contribution in [-0.2, 0) is 13.1 Å². The molecular formula is C20H17ClN6O3S2. The van der Waals surface area contributed by atoms with Gasteiger partial charge in [0.1, 0.15) is 0 Å². The summed E-state index contributed by atoms with van der Waals surface area (Å²) in [7, 11) is 1.62. The van der Waals surface area contributed by atoms with Gasteiger partial charge < -0.3 is 10.2 Å². The molecule has 4 aromatic rings. The molecule has 9 nitrogen and oxygen atoms in total. The van der Waals surface area contributed by atoms with Crippen molar-refractivity contribution in [3.8, 4) is 0 Å². The molecule has 0 atom stereocenters. The summed E-state index contributed by atoms with van der Waals surface area (Å²) in [4.78, 5) is 43.7. The van der Waals surface area contributed by atoms with Gasteiger partial charge in [0.05, 0.1) is 28.5 Å². The number of carbonyl (C=O) groups excluding carboxylic acids is 2. The molecule has 12 heteroatoms. The molecule has 3 amide bonds. The van der Waals surface area contributed by atoms with Crippen LogP contribution in [0.5, 0.6) is 0 Å². The molecule has 0 unspecified atom stereocenters. The molecule has 0 bridgehead atoms. The van der Waals surface area contributed by atoms with Crippen LogP contribution in [0.1, 0.15) is 21.1 Å². The third-order valence-electron chi connectivity index (χ3n) is 4.47. The number of amides is 3. The van der Waals surface area contributed by atoms with E-state index in [4.69, 9.17) is 11.6 Å². The summed E-state index contributed by atoms with van der Waals surface area (Å²) in [6.07, 6.45) is 0. The van der Waals surface area contributed by atoms with E-state index in [0.717, 1.165) is 4.88 Å². The number of aromatic amines is 1. The molecule has 0 spiro atoms. The van der Waals surface area contributed by atoms with Crippen LogP contribution in [-0.4, -0.2) is 39.1 Å². The number of benzene rings is 1. The summed E-state index contributed by atoms with van der Waals surface area (Å²) in [5, 5.41) is 14.8. The van der Waals surface area contributed by atoms with Gasteiger partial charge in [-0.3, -0.25) is 14.9 Å². The number of thiazole rings is 1. The van der Waals surface area contributed by atoms with Crippen LogP contribution >= 0.6 is 34.3 Å². The van der Waals surface area contributed by atoms with E-state index in [1.54, 1.807) is 42.8 Å². The molecule has 0 radical (unpaired) electrons. The Morgan fingerprint density at radius 2 is 1.97 bits per heavy atom. The second kappa shape index (κ2) is 9.47. The Bertz CT molecular complexity index is 1350. The van der Waals surface area contributed by atoms with Crippen molar-refractivity contribution in [2.24, 2.45) is 0 Å². The molecule has 164 valence electrons. The van der Waals surface area contributed by atoms with Gasteiger partial charge in [-0.25, -0.2) is 14.9 Å². The van der Waals surface area contributed by atoms with Crippen LogP contribution in [0.25, 0.3) is 10.8 Å². The highest BCUT2D eigenvalue weighted by molar-refractivity contribution is 7.16. The highest BCUT2D eigenvalue weighted by Crippen LogP contribution is 2.21. The van der Waals surface area contributed by atoms with Gasteiger partial charge in [0, 0.05) is 22.7 Å². The van der Waals surface area contributed by atoms with Crippen LogP contribution in [0, 0.1) is 0 Å². The summed E-state index contributed by atoms with van der Waals surface area (Å²) in [6.45, 7) is 0.570. The zero-order chi connectivity index (χ0) is 22.7. The fraction of sp³-hybridized carbons (Fsp3) is 0.150. The summed E-state index contributed by atoms with van der Waals surface area (Å²) in [6, 6.07) is 10.0. The molecule has 3 N–H and O–H groups in total. The second-order valence-corrected chi connectivity index (χ2v) is 9.42. The first-order valence-corrected chi connectivity index (χ1v) is 11.4. The number of nitrogens with one attached hydrogen (secondary N) is 3. The summed E-state index contributed by atoms with van der Waals surface area (Å²) in [5.74, 6) is -0.354. The molecule has 0 aliphatic carbocycles. The number of hydrogen-bond acceptors (Lipinski definition) is 7. The minimum absolute atomic E-state index is 0.157. The fourth-order valence-electron chi connectivity index (χ4n) is 2.97. The number of H-pyrrole nitrogens is 1. The molecule has 4 rings (SSSR count). The lowest BCUT2D eigenvalue weighted by molar-refractivity contribution is 0.0778. The number of thiophene rings is 1. The predicted octanol–water partition coefficient (Wildman–Crippen LogP) is 3.69. The number of rotatable bonds is 6.